The van der Waals surface area contributed by atoms with Gasteiger partial charge in [-0.2, -0.15) is 0 Å². The van der Waals surface area contributed by atoms with Gasteiger partial charge in [-0.1, -0.05) is 60.7 Å². The molecule has 0 heterocycles. The number of hydrogen-bond donors (Lipinski definition) is 1. The van der Waals surface area contributed by atoms with Crippen LogP contribution in [0.1, 0.15) is 42.9 Å². The maximum absolute atomic E-state index is 3.60. The first-order valence-electron chi connectivity index (χ1n) is 9.43. The summed E-state index contributed by atoms with van der Waals surface area (Å²) in [5.74, 6) is 0.744. The highest BCUT2D eigenvalue weighted by Gasteiger charge is 2.29. The number of benzene rings is 2. The van der Waals surface area contributed by atoms with Crippen LogP contribution in [0, 0.1) is 5.92 Å². The van der Waals surface area contributed by atoms with Crippen molar-refractivity contribution in [2.45, 2.75) is 37.8 Å². The van der Waals surface area contributed by atoms with Crippen molar-refractivity contribution in [1.82, 2.24) is 10.2 Å². The highest BCUT2D eigenvalue weighted by Crippen LogP contribution is 2.37. The van der Waals surface area contributed by atoms with E-state index in [1.807, 2.05) is 0 Å². The fourth-order valence-electron chi connectivity index (χ4n) is 4.09. The lowest BCUT2D eigenvalue weighted by Crippen LogP contribution is -2.35. The van der Waals surface area contributed by atoms with E-state index >= 15 is 0 Å². The summed E-state index contributed by atoms with van der Waals surface area (Å²) in [5.41, 5.74) is 2.70. The van der Waals surface area contributed by atoms with E-state index < -0.39 is 0 Å². The minimum atomic E-state index is 0.530. The second kappa shape index (κ2) is 8.87. The summed E-state index contributed by atoms with van der Waals surface area (Å²) >= 11 is 0. The van der Waals surface area contributed by atoms with E-state index in [1.54, 1.807) is 0 Å². The normalized spacial score (nSPS) is 22.2. The van der Waals surface area contributed by atoms with Crippen molar-refractivity contribution in [1.29, 1.82) is 0 Å². The Morgan fingerprint density at radius 1 is 0.880 bits per heavy atom. The molecule has 0 saturated heterocycles. The van der Waals surface area contributed by atoms with Crippen LogP contribution in [0.15, 0.2) is 66.9 Å². The molecule has 1 saturated carbocycles. The van der Waals surface area contributed by atoms with Crippen molar-refractivity contribution in [2.75, 3.05) is 14.1 Å². The van der Waals surface area contributed by atoms with Crippen LogP contribution in [0.2, 0.25) is 0 Å². The van der Waals surface area contributed by atoms with Crippen LogP contribution < -0.4 is 5.32 Å². The Labute approximate surface area is 152 Å². The van der Waals surface area contributed by atoms with E-state index in [1.165, 1.54) is 36.8 Å². The topological polar surface area (TPSA) is 15.3 Å². The molecule has 1 atom stereocenters. The summed E-state index contributed by atoms with van der Waals surface area (Å²) in [6.45, 7) is 0. The standard InChI is InChI=1S/C23H30N2/c1-25(2)23(20-11-7-4-8-12-20)21-13-15-22(16-14-21)24-18-17-19-9-5-3-6-10-19/h3-12,17-18,21-24H,13-16H2,1-2H3. The first kappa shape index (κ1) is 17.8. The van der Waals surface area contributed by atoms with Crippen molar-refractivity contribution in [3.63, 3.8) is 0 Å². The molecule has 1 unspecified atom stereocenters. The number of nitrogens with one attached hydrogen (secondary N) is 1. The molecule has 2 nitrogen and oxygen atoms in total. The number of nitrogens with zero attached hydrogens (tertiary/aromatic N) is 1. The van der Waals surface area contributed by atoms with Crippen LogP contribution in [0.3, 0.4) is 0 Å². The largest absolute Gasteiger partial charge is 0.388 e. The van der Waals surface area contributed by atoms with Gasteiger partial charge in [0.25, 0.3) is 0 Å². The van der Waals surface area contributed by atoms with E-state index in [2.05, 4.69) is 97.3 Å². The summed E-state index contributed by atoms with van der Waals surface area (Å²) < 4.78 is 0. The molecule has 1 fully saturated rings. The molecule has 1 N–H and O–H groups in total. The predicted molar refractivity (Wildman–Crippen MR) is 107 cm³/mol. The molecule has 25 heavy (non-hydrogen) atoms. The average Bonchev–Trinajstić information content (AvgIpc) is 2.65. The van der Waals surface area contributed by atoms with Gasteiger partial charge < -0.3 is 10.2 Å². The quantitative estimate of drug-likeness (QED) is 0.790. The van der Waals surface area contributed by atoms with Gasteiger partial charge >= 0.3 is 0 Å². The van der Waals surface area contributed by atoms with Gasteiger partial charge in [-0.3, -0.25) is 0 Å². The van der Waals surface area contributed by atoms with E-state index in [9.17, 15) is 0 Å². The SMILES string of the molecule is CN(C)C(c1ccccc1)C1CCC(NC=Cc2ccccc2)CC1. The van der Waals surface area contributed by atoms with Crippen LogP contribution in [0.4, 0.5) is 0 Å². The molecule has 1 aliphatic carbocycles. The van der Waals surface area contributed by atoms with Crippen molar-refractivity contribution >= 4 is 6.08 Å². The summed E-state index contributed by atoms with van der Waals surface area (Å²) in [7, 11) is 4.43. The van der Waals surface area contributed by atoms with E-state index in [0.29, 0.717) is 12.1 Å². The molecule has 0 amide bonds. The lowest BCUT2D eigenvalue weighted by atomic mass is 9.79. The Kier molecular flexibility index (Phi) is 6.30. The molecular weight excluding hydrogens is 304 g/mol. The maximum atomic E-state index is 3.60. The number of rotatable bonds is 6. The van der Waals surface area contributed by atoms with Crippen LogP contribution in [-0.2, 0) is 0 Å². The Hall–Kier alpha value is -2.06. The Morgan fingerprint density at radius 3 is 2.08 bits per heavy atom. The minimum Gasteiger partial charge on any atom is -0.388 e. The summed E-state index contributed by atoms with van der Waals surface area (Å²) in [4.78, 5) is 2.39. The lowest BCUT2D eigenvalue weighted by molar-refractivity contribution is 0.160. The van der Waals surface area contributed by atoms with E-state index in [4.69, 9.17) is 0 Å². The van der Waals surface area contributed by atoms with Crippen molar-refractivity contribution in [3.05, 3.63) is 78.0 Å². The van der Waals surface area contributed by atoms with Gasteiger partial charge in [-0.25, -0.2) is 0 Å². The minimum absolute atomic E-state index is 0.530. The highest BCUT2D eigenvalue weighted by molar-refractivity contribution is 5.48. The molecule has 0 radical (unpaired) electrons. The second-order valence-electron chi connectivity index (χ2n) is 7.34. The van der Waals surface area contributed by atoms with Crippen LogP contribution in [0.5, 0.6) is 0 Å². The van der Waals surface area contributed by atoms with Crippen molar-refractivity contribution < 1.29 is 0 Å². The number of hydrogen-bond acceptors (Lipinski definition) is 2. The predicted octanol–water partition coefficient (Wildman–Crippen LogP) is 5.11. The molecule has 3 rings (SSSR count). The summed E-state index contributed by atoms with van der Waals surface area (Å²) in [5, 5.41) is 3.60. The molecular formula is C23H30N2. The molecule has 1 aliphatic rings. The molecule has 0 aromatic heterocycles. The third-order valence-corrected chi connectivity index (χ3v) is 5.32. The molecule has 0 aliphatic heterocycles. The Balaban J connectivity index is 1.53. The average molecular weight is 335 g/mol. The van der Waals surface area contributed by atoms with Crippen LogP contribution >= 0.6 is 0 Å². The third-order valence-electron chi connectivity index (χ3n) is 5.32. The molecule has 132 valence electrons. The van der Waals surface area contributed by atoms with Crippen LogP contribution in [0.25, 0.3) is 6.08 Å². The fraction of sp³-hybridized carbons (Fsp3) is 0.391. The van der Waals surface area contributed by atoms with Crippen LogP contribution in [-0.4, -0.2) is 25.0 Å². The van der Waals surface area contributed by atoms with E-state index in [0.717, 1.165) is 5.92 Å². The molecule has 2 heteroatoms. The first-order valence-corrected chi connectivity index (χ1v) is 9.43. The molecule has 2 aromatic carbocycles. The molecule has 0 spiro atoms. The zero-order valence-corrected chi connectivity index (χ0v) is 15.4. The highest BCUT2D eigenvalue weighted by atomic mass is 15.1. The smallest absolute Gasteiger partial charge is 0.0370 e. The van der Waals surface area contributed by atoms with Gasteiger partial charge in [-0.05, 0) is 69.1 Å². The molecule has 2 aromatic rings. The second-order valence-corrected chi connectivity index (χ2v) is 7.34. The maximum Gasteiger partial charge on any atom is 0.0370 e. The first-order chi connectivity index (χ1) is 12.2. The van der Waals surface area contributed by atoms with Crippen molar-refractivity contribution in [3.8, 4) is 0 Å². The summed E-state index contributed by atoms with van der Waals surface area (Å²) in [6.07, 6.45) is 9.37. The van der Waals surface area contributed by atoms with Crippen molar-refractivity contribution in [2.24, 2.45) is 5.92 Å². The Morgan fingerprint density at radius 2 is 1.48 bits per heavy atom. The zero-order chi connectivity index (χ0) is 17.5. The van der Waals surface area contributed by atoms with Gasteiger partial charge in [0.1, 0.15) is 0 Å². The van der Waals surface area contributed by atoms with Gasteiger partial charge in [0, 0.05) is 12.1 Å². The van der Waals surface area contributed by atoms with Gasteiger partial charge in [0.05, 0.1) is 0 Å². The molecule has 0 bridgehead atoms. The lowest BCUT2D eigenvalue weighted by Gasteiger charge is -2.37. The van der Waals surface area contributed by atoms with Gasteiger partial charge in [-0.15, -0.1) is 0 Å². The van der Waals surface area contributed by atoms with E-state index in [-0.39, 0.29) is 0 Å². The summed E-state index contributed by atoms with van der Waals surface area (Å²) in [6, 6.07) is 22.6. The van der Waals surface area contributed by atoms with Gasteiger partial charge in [0.15, 0.2) is 0 Å². The third kappa shape index (κ3) is 4.96. The monoisotopic (exact) mass is 334 g/mol. The fourth-order valence-corrected chi connectivity index (χ4v) is 4.09. The zero-order valence-electron chi connectivity index (χ0n) is 15.4. The Bertz CT molecular complexity index is 640. The van der Waals surface area contributed by atoms with Gasteiger partial charge in [0.2, 0.25) is 0 Å².